The van der Waals surface area contributed by atoms with Crippen molar-refractivity contribution in [1.29, 1.82) is 0 Å². The summed E-state index contributed by atoms with van der Waals surface area (Å²) in [6.07, 6.45) is 32.8. The Bertz CT molecular complexity index is 305. The topological polar surface area (TPSA) is 38.0 Å². The fourth-order valence-corrected chi connectivity index (χ4v) is 4.62. The molecule has 0 aromatic rings. The quantitative estimate of drug-likeness (QED) is 0.125. The van der Waals surface area contributed by atoms with E-state index in [-0.39, 0.29) is 0 Å². The van der Waals surface area contributed by atoms with E-state index >= 15 is 0 Å². The van der Waals surface area contributed by atoms with Crippen LogP contribution >= 0.6 is 0 Å². The Morgan fingerprint density at radius 2 is 0.839 bits per heavy atom. The molecule has 1 atom stereocenters. The van der Waals surface area contributed by atoms with E-state index in [9.17, 15) is 0 Å². The number of unbranched alkanes of at least 4 members (excludes halogenated alkanes) is 20. The SMILES string of the molecule is CCCCCCCCCCCCCCCCCCNCC(CN)CCCCCCCC. The maximum Gasteiger partial charge on any atom is -0.000846 e. The van der Waals surface area contributed by atoms with Crippen LogP contribution in [0.2, 0.25) is 0 Å². The monoisotopic (exact) mass is 438 g/mol. The van der Waals surface area contributed by atoms with E-state index in [1.807, 2.05) is 0 Å². The Kier molecular flexibility index (Phi) is 27.9. The van der Waals surface area contributed by atoms with E-state index in [1.165, 1.54) is 154 Å². The molecule has 0 aromatic heterocycles. The molecule has 0 aliphatic heterocycles. The largest absolute Gasteiger partial charge is 0.330 e. The van der Waals surface area contributed by atoms with Crippen molar-refractivity contribution in [2.75, 3.05) is 19.6 Å². The van der Waals surface area contributed by atoms with Gasteiger partial charge in [-0.25, -0.2) is 0 Å². The highest BCUT2D eigenvalue weighted by Crippen LogP contribution is 2.14. The summed E-state index contributed by atoms with van der Waals surface area (Å²) < 4.78 is 0. The lowest BCUT2D eigenvalue weighted by molar-refractivity contribution is 0.425. The Morgan fingerprint density at radius 1 is 0.484 bits per heavy atom. The fraction of sp³-hybridized carbons (Fsp3) is 1.00. The lowest BCUT2D eigenvalue weighted by Crippen LogP contribution is -2.29. The fourth-order valence-electron chi connectivity index (χ4n) is 4.62. The Morgan fingerprint density at radius 3 is 1.23 bits per heavy atom. The number of hydrogen-bond donors (Lipinski definition) is 2. The summed E-state index contributed by atoms with van der Waals surface area (Å²) in [5, 5.41) is 3.67. The Labute approximate surface area is 198 Å². The first-order valence-electron chi connectivity index (χ1n) is 14.8. The van der Waals surface area contributed by atoms with Gasteiger partial charge in [0.25, 0.3) is 0 Å². The zero-order chi connectivity index (χ0) is 22.7. The van der Waals surface area contributed by atoms with Gasteiger partial charge in [-0.2, -0.15) is 0 Å². The van der Waals surface area contributed by atoms with Crippen molar-refractivity contribution < 1.29 is 0 Å². The van der Waals surface area contributed by atoms with E-state index in [2.05, 4.69) is 19.2 Å². The molecular weight excluding hydrogens is 376 g/mol. The Hall–Kier alpha value is -0.0800. The van der Waals surface area contributed by atoms with Gasteiger partial charge in [0.15, 0.2) is 0 Å². The van der Waals surface area contributed by atoms with Crippen molar-refractivity contribution in [2.45, 2.75) is 162 Å². The summed E-state index contributed by atoms with van der Waals surface area (Å²) in [5.41, 5.74) is 5.97. The standard InChI is InChI=1S/C29H62N2/c1-3-5-7-9-11-12-13-14-15-16-17-18-19-20-22-24-26-31-28-29(27-30)25-23-21-10-8-6-4-2/h29,31H,3-28,30H2,1-2H3. The lowest BCUT2D eigenvalue weighted by Gasteiger charge is -2.15. The van der Waals surface area contributed by atoms with Crippen molar-refractivity contribution in [3.05, 3.63) is 0 Å². The first-order valence-corrected chi connectivity index (χ1v) is 14.8. The van der Waals surface area contributed by atoms with Gasteiger partial charge >= 0.3 is 0 Å². The normalized spacial score (nSPS) is 12.5. The van der Waals surface area contributed by atoms with Crippen LogP contribution in [0.1, 0.15) is 162 Å². The minimum absolute atomic E-state index is 0.687. The Balaban J connectivity index is 3.19. The predicted molar refractivity (Wildman–Crippen MR) is 143 cm³/mol. The molecule has 2 heteroatoms. The second-order valence-electron chi connectivity index (χ2n) is 10.2. The third-order valence-electron chi connectivity index (χ3n) is 6.94. The third-order valence-corrected chi connectivity index (χ3v) is 6.94. The maximum absolute atomic E-state index is 5.97. The molecule has 31 heavy (non-hydrogen) atoms. The number of nitrogens with one attached hydrogen (secondary N) is 1. The molecule has 0 saturated heterocycles. The van der Waals surface area contributed by atoms with Crippen LogP contribution in [0.5, 0.6) is 0 Å². The molecule has 0 rings (SSSR count). The minimum atomic E-state index is 0.687. The molecule has 3 N–H and O–H groups in total. The van der Waals surface area contributed by atoms with Crippen LogP contribution in [-0.2, 0) is 0 Å². The van der Waals surface area contributed by atoms with Crippen LogP contribution in [0.4, 0.5) is 0 Å². The van der Waals surface area contributed by atoms with E-state index in [4.69, 9.17) is 5.73 Å². The maximum atomic E-state index is 5.97. The van der Waals surface area contributed by atoms with Gasteiger partial charge in [-0.15, -0.1) is 0 Å². The van der Waals surface area contributed by atoms with E-state index in [1.54, 1.807) is 0 Å². The summed E-state index contributed by atoms with van der Waals surface area (Å²) in [7, 11) is 0. The number of hydrogen-bond acceptors (Lipinski definition) is 2. The predicted octanol–water partition coefficient (Wildman–Crippen LogP) is 9.16. The molecule has 2 nitrogen and oxygen atoms in total. The summed E-state index contributed by atoms with van der Waals surface area (Å²) in [6.45, 7) is 7.75. The molecule has 0 bridgehead atoms. The van der Waals surface area contributed by atoms with Crippen molar-refractivity contribution in [3.63, 3.8) is 0 Å². The van der Waals surface area contributed by atoms with Gasteiger partial charge < -0.3 is 11.1 Å². The highest BCUT2D eigenvalue weighted by atomic mass is 14.9. The van der Waals surface area contributed by atoms with Gasteiger partial charge in [0, 0.05) is 0 Å². The van der Waals surface area contributed by atoms with E-state index < -0.39 is 0 Å². The van der Waals surface area contributed by atoms with Crippen molar-refractivity contribution in [1.82, 2.24) is 5.32 Å². The molecule has 0 heterocycles. The van der Waals surface area contributed by atoms with Crippen molar-refractivity contribution in [3.8, 4) is 0 Å². The van der Waals surface area contributed by atoms with E-state index in [0.717, 1.165) is 13.1 Å². The first kappa shape index (κ1) is 30.9. The molecule has 0 saturated carbocycles. The van der Waals surface area contributed by atoms with E-state index in [0.29, 0.717) is 5.92 Å². The summed E-state index contributed by atoms with van der Waals surface area (Å²) in [5.74, 6) is 0.687. The van der Waals surface area contributed by atoms with Crippen LogP contribution in [0.25, 0.3) is 0 Å². The van der Waals surface area contributed by atoms with Gasteiger partial charge in [-0.05, 0) is 38.4 Å². The molecule has 0 aliphatic rings. The summed E-state index contributed by atoms with van der Waals surface area (Å²) in [4.78, 5) is 0. The average molecular weight is 439 g/mol. The minimum Gasteiger partial charge on any atom is -0.330 e. The molecule has 0 aromatic carbocycles. The average Bonchev–Trinajstić information content (AvgIpc) is 2.79. The van der Waals surface area contributed by atoms with Crippen molar-refractivity contribution >= 4 is 0 Å². The number of nitrogens with two attached hydrogens (primary N) is 1. The molecule has 0 radical (unpaired) electrons. The van der Waals surface area contributed by atoms with Crippen LogP contribution in [-0.4, -0.2) is 19.6 Å². The molecule has 188 valence electrons. The number of rotatable bonds is 27. The smallest absolute Gasteiger partial charge is 0.000846 e. The first-order chi connectivity index (χ1) is 15.3. The van der Waals surface area contributed by atoms with Crippen LogP contribution in [0.15, 0.2) is 0 Å². The molecule has 0 fully saturated rings. The molecule has 1 unspecified atom stereocenters. The van der Waals surface area contributed by atoms with Gasteiger partial charge in [0.05, 0.1) is 0 Å². The third kappa shape index (κ3) is 26.1. The van der Waals surface area contributed by atoms with Gasteiger partial charge in [-0.3, -0.25) is 0 Å². The van der Waals surface area contributed by atoms with Gasteiger partial charge in [-0.1, -0.05) is 149 Å². The summed E-state index contributed by atoms with van der Waals surface area (Å²) in [6, 6.07) is 0. The van der Waals surface area contributed by atoms with Crippen LogP contribution < -0.4 is 11.1 Å². The highest BCUT2D eigenvalue weighted by Gasteiger charge is 2.05. The highest BCUT2D eigenvalue weighted by molar-refractivity contribution is 4.64. The van der Waals surface area contributed by atoms with Crippen LogP contribution in [0, 0.1) is 5.92 Å². The molecule has 0 aliphatic carbocycles. The second kappa shape index (κ2) is 28.0. The van der Waals surface area contributed by atoms with Gasteiger partial charge in [0.1, 0.15) is 0 Å². The van der Waals surface area contributed by atoms with Crippen LogP contribution in [0.3, 0.4) is 0 Å². The molecule has 0 spiro atoms. The zero-order valence-corrected chi connectivity index (χ0v) is 22.0. The molecular formula is C29H62N2. The molecule has 0 amide bonds. The zero-order valence-electron chi connectivity index (χ0n) is 22.0. The lowest BCUT2D eigenvalue weighted by atomic mass is 10.00. The summed E-state index contributed by atoms with van der Waals surface area (Å²) >= 11 is 0. The van der Waals surface area contributed by atoms with Crippen molar-refractivity contribution in [2.24, 2.45) is 11.7 Å². The second-order valence-corrected chi connectivity index (χ2v) is 10.2. The van der Waals surface area contributed by atoms with Gasteiger partial charge in [0.2, 0.25) is 0 Å².